The molecule has 0 saturated carbocycles. The fourth-order valence-electron chi connectivity index (χ4n) is 1.84. The number of hydrogen-bond acceptors (Lipinski definition) is 4. The number of aliphatic hydroxyl groups is 1. The Morgan fingerprint density at radius 3 is 2.83 bits per heavy atom. The Bertz CT molecular complexity index is 360. The van der Waals surface area contributed by atoms with Gasteiger partial charge in [-0.05, 0) is 25.2 Å². The molecule has 1 rings (SSSR count). The van der Waals surface area contributed by atoms with Gasteiger partial charge in [0.1, 0.15) is 4.88 Å². The molecule has 1 heterocycles. The number of carbonyl (C=O) groups is 1. The van der Waals surface area contributed by atoms with Crippen molar-refractivity contribution < 1.29 is 9.90 Å². The number of carbonyl (C=O) groups excluding carboxylic acids is 1. The molecule has 0 aromatic carbocycles. The Balaban J connectivity index is 2.43. The number of aromatic nitrogens is 1. The quantitative estimate of drug-likeness (QED) is 0.761. The predicted octanol–water partition coefficient (Wildman–Crippen LogP) is 2.23. The van der Waals surface area contributed by atoms with Crippen molar-refractivity contribution in [3.8, 4) is 0 Å². The lowest BCUT2D eigenvalue weighted by Crippen LogP contribution is -2.29. The van der Waals surface area contributed by atoms with Gasteiger partial charge >= 0.3 is 0 Å². The number of amides is 1. The van der Waals surface area contributed by atoms with Gasteiger partial charge in [-0.2, -0.15) is 0 Å². The van der Waals surface area contributed by atoms with Gasteiger partial charge in [-0.3, -0.25) is 4.79 Å². The first-order valence-corrected chi connectivity index (χ1v) is 7.36. The maximum Gasteiger partial charge on any atom is 0.263 e. The van der Waals surface area contributed by atoms with Gasteiger partial charge in [-0.15, -0.1) is 11.3 Å². The van der Waals surface area contributed by atoms with Crippen LogP contribution >= 0.6 is 11.3 Å². The van der Waals surface area contributed by atoms with Crippen LogP contribution in [0.1, 0.15) is 47.8 Å². The van der Waals surface area contributed by atoms with E-state index in [4.69, 9.17) is 5.11 Å². The first-order chi connectivity index (χ1) is 8.71. The molecule has 18 heavy (non-hydrogen) atoms. The van der Waals surface area contributed by atoms with E-state index in [1.807, 2.05) is 6.92 Å². The van der Waals surface area contributed by atoms with Crippen LogP contribution in [0.4, 0.5) is 0 Å². The third kappa shape index (κ3) is 4.74. The molecule has 5 heteroatoms. The molecule has 0 spiro atoms. The first kappa shape index (κ1) is 15.1. The number of rotatable bonds is 8. The number of aliphatic hydroxyl groups excluding tert-OH is 1. The average Bonchev–Trinajstić information content (AvgIpc) is 2.85. The van der Waals surface area contributed by atoms with Gasteiger partial charge in [-0.1, -0.05) is 20.3 Å². The maximum absolute atomic E-state index is 11.9. The minimum absolute atomic E-state index is 0.0498. The van der Waals surface area contributed by atoms with Crippen LogP contribution in [0.5, 0.6) is 0 Å². The van der Waals surface area contributed by atoms with Gasteiger partial charge in [0, 0.05) is 13.2 Å². The Morgan fingerprint density at radius 1 is 1.50 bits per heavy atom. The van der Waals surface area contributed by atoms with Crippen LogP contribution in [0.15, 0.2) is 6.20 Å². The summed E-state index contributed by atoms with van der Waals surface area (Å²) in [6.45, 7) is 4.95. The third-order valence-corrected chi connectivity index (χ3v) is 4.01. The lowest BCUT2D eigenvalue weighted by molar-refractivity contribution is 0.0946. The molecule has 0 radical (unpaired) electrons. The molecule has 1 atom stereocenters. The molecular weight excluding hydrogens is 248 g/mol. The zero-order chi connectivity index (χ0) is 13.4. The van der Waals surface area contributed by atoms with Crippen molar-refractivity contribution >= 4 is 17.2 Å². The number of thiazole rings is 1. The third-order valence-electron chi connectivity index (χ3n) is 2.87. The summed E-state index contributed by atoms with van der Waals surface area (Å²) in [5, 5.41) is 12.9. The summed E-state index contributed by atoms with van der Waals surface area (Å²) in [5.41, 5.74) is 0. The van der Waals surface area contributed by atoms with Crippen LogP contribution in [0.3, 0.4) is 0 Å². The summed E-state index contributed by atoms with van der Waals surface area (Å²) in [5.74, 6) is 0.314. The zero-order valence-corrected chi connectivity index (χ0v) is 11.9. The second-order valence-electron chi connectivity index (χ2n) is 4.35. The summed E-state index contributed by atoms with van der Waals surface area (Å²) in [6.07, 6.45) is 5.35. The smallest absolute Gasteiger partial charge is 0.263 e. The molecule has 1 unspecified atom stereocenters. The molecule has 1 amide bonds. The first-order valence-electron chi connectivity index (χ1n) is 6.55. The summed E-state index contributed by atoms with van der Waals surface area (Å²) < 4.78 is 0. The molecule has 0 fully saturated rings. The predicted molar refractivity (Wildman–Crippen MR) is 73.9 cm³/mol. The highest BCUT2D eigenvalue weighted by Gasteiger charge is 2.12. The van der Waals surface area contributed by atoms with E-state index < -0.39 is 0 Å². The summed E-state index contributed by atoms with van der Waals surface area (Å²) in [7, 11) is 0. The van der Waals surface area contributed by atoms with Gasteiger partial charge < -0.3 is 10.4 Å². The van der Waals surface area contributed by atoms with Crippen LogP contribution in [-0.2, 0) is 6.42 Å². The summed E-state index contributed by atoms with van der Waals surface area (Å²) in [6, 6.07) is 0. The Labute approximate surface area is 112 Å². The standard InChI is InChI=1S/C13H22N2O2S/c1-3-5-10(6-7-16)8-15-13(17)11-9-14-12(4-2)18-11/h9-10,16H,3-8H2,1-2H3,(H,15,17). The lowest BCUT2D eigenvalue weighted by Gasteiger charge is -2.15. The van der Waals surface area contributed by atoms with E-state index in [1.54, 1.807) is 6.20 Å². The van der Waals surface area contributed by atoms with E-state index in [-0.39, 0.29) is 12.5 Å². The van der Waals surface area contributed by atoms with Crippen molar-refractivity contribution in [1.29, 1.82) is 0 Å². The molecule has 0 aliphatic rings. The summed E-state index contributed by atoms with van der Waals surface area (Å²) >= 11 is 1.45. The van der Waals surface area contributed by atoms with E-state index in [1.165, 1.54) is 11.3 Å². The SMILES string of the molecule is CCCC(CCO)CNC(=O)c1cnc(CC)s1. The van der Waals surface area contributed by atoms with Crippen LogP contribution in [-0.4, -0.2) is 29.1 Å². The Morgan fingerprint density at radius 2 is 2.28 bits per heavy atom. The van der Waals surface area contributed by atoms with E-state index in [0.717, 1.165) is 30.7 Å². The highest BCUT2D eigenvalue weighted by Crippen LogP contribution is 2.14. The average molecular weight is 270 g/mol. The van der Waals surface area contributed by atoms with Crippen LogP contribution in [0, 0.1) is 5.92 Å². The number of aryl methyl sites for hydroxylation is 1. The number of hydrogen-bond donors (Lipinski definition) is 2. The van der Waals surface area contributed by atoms with Crippen LogP contribution in [0.2, 0.25) is 0 Å². The number of nitrogens with one attached hydrogen (secondary N) is 1. The maximum atomic E-state index is 11.9. The van der Waals surface area contributed by atoms with Crippen molar-refractivity contribution in [2.75, 3.05) is 13.2 Å². The highest BCUT2D eigenvalue weighted by molar-refractivity contribution is 7.13. The van der Waals surface area contributed by atoms with Crippen molar-refractivity contribution in [3.63, 3.8) is 0 Å². The van der Waals surface area contributed by atoms with E-state index in [9.17, 15) is 4.79 Å². The van der Waals surface area contributed by atoms with Gasteiger partial charge in [0.15, 0.2) is 0 Å². The lowest BCUT2D eigenvalue weighted by atomic mass is 10.0. The van der Waals surface area contributed by atoms with Gasteiger partial charge in [-0.25, -0.2) is 4.98 Å². The Hall–Kier alpha value is -0.940. The molecule has 0 saturated heterocycles. The van der Waals surface area contributed by atoms with Gasteiger partial charge in [0.05, 0.1) is 11.2 Å². The molecule has 2 N–H and O–H groups in total. The van der Waals surface area contributed by atoms with E-state index >= 15 is 0 Å². The molecule has 0 aliphatic carbocycles. The van der Waals surface area contributed by atoms with Crippen molar-refractivity contribution in [2.45, 2.75) is 39.5 Å². The molecule has 0 aliphatic heterocycles. The Kier molecular flexibility index (Phi) is 6.90. The fraction of sp³-hybridized carbons (Fsp3) is 0.692. The molecule has 1 aromatic rings. The largest absolute Gasteiger partial charge is 0.396 e. The zero-order valence-electron chi connectivity index (χ0n) is 11.1. The minimum Gasteiger partial charge on any atom is -0.396 e. The second kappa shape index (κ2) is 8.21. The normalized spacial score (nSPS) is 12.4. The monoisotopic (exact) mass is 270 g/mol. The van der Waals surface area contributed by atoms with E-state index in [2.05, 4.69) is 17.2 Å². The van der Waals surface area contributed by atoms with Crippen molar-refractivity contribution in [2.24, 2.45) is 5.92 Å². The van der Waals surface area contributed by atoms with Crippen LogP contribution in [0.25, 0.3) is 0 Å². The molecule has 0 bridgehead atoms. The second-order valence-corrected chi connectivity index (χ2v) is 5.46. The number of nitrogens with zero attached hydrogens (tertiary/aromatic N) is 1. The van der Waals surface area contributed by atoms with Crippen molar-refractivity contribution in [1.82, 2.24) is 10.3 Å². The molecule has 4 nitrogen and oxygen atoms in total. The van der Waals surface area contributed by atoms with E-state index in [0.29, 0.717) is 17.3 Å². The molecule has 102 valence electrons. The van der Waals surface area contributed by atoms with Gasteiger partial charge in [0.2, 0.25) is 0 Å². The topological polar surface area (TPSA) is 62.2 Å². The molecular formula is C13H22N2O2S. The van der Waals surface area contributed by atoms with Crippen LogP contribution < -0.4 is 5.32 Å². The van der Waals surface area contributed by atoms with Gasteiger partial charge in [0.25, 0.3) is 5.91 Å². The molecule has 1 aromatic heterocycles. The highest BCUT2D eigenvalue weighted by atomic mass is 32.1. The fourth-order valence-corrected chi connectivity index (χ4v) is 2.62. The minimum atomic E-state index is -0.0498. The van der Waals surface area contributed by atoms with Crippen molar-refractivity contribution in [3.05, 3.63) is 16.1 Å². The summed E-state index contributed by atoms with van der Waals surface area (Å²) in [4.78, 5) is 16.7.